The molecular weight excluding hydrogens is 400 g/mol. The number of hydrogen-bond acceptors (Lipinski definition) is 5. The number of carbonyl (C=O) groups excluding carboxylic acids is 4. The minimum absolute atomic E-state index is 0.00868. The van der Waals surface area contributed by atoms with Crippen molar-refractivity contribution in [3.63, 3.8) is 0 Å². The number of nitrogens with two attached hydrogens (primary N) is 2. The molecule has 9 nitrogen and oxygen atoms in total. The van der Waals surface area contributed by atoms with Gasteiger partial charge >= 0.3 is 6.09 Å². The minimum atomic E-state index is -1.13. The second-order valence-corrected chi connectivity index (χ2v) is 6.92. The highest BCUT2D eigenvalue weighted by Crippen LogP contribution is 2.06. The Bertz CT molecular complexity index is 889. The van der Waals surface area contributed by atoms with Gasteiger partial charge in [-0.15, -0.1) is 0 Å². The highest BCUT2D eigenvalue weighted by atomic mass is 16.5. The highest BCUT2D eigenvalue weighted by Gasteiger charge is 2.26. The average Bonchev–Trinajstić information content (AvgIpc) is 2.75. The Morgan fingerprint density at radius 1 is 0.806 bits per heavy atom. The normalized spacial score (nSPS) is 12.3. The number of carbonyl (C=O) groups is 4. The summed E-state index contributed by atoms with van der Waals surface area (Å²) in [5.74, 6) is -2.02. The van der Waals surface area contributed by atoms with Gasteiger partial charge in [0, 0.05) is 12.8 Å². The first-order valence-electron chi connectivity index (χ1n) is 9.74. The summed E-state index contributed by atoms with van der Waals surface area (Å²) in [7, 11) is 0. The molecule has 0 aliphatic rings. The van der Waals surface area contributed by atoms with Crippen molar-refractivity contribution in [3.05, 3.63) is 71.8 Å². The fraction of sp³-hybridized carbons (Fsp3) is 0.273. The number of primary amides is 2. The van der Waals surface area contributed by atoms with Crippen LogP contribution >= 0.6 is 0 Å². The predicted octanol–water partition coefficient (Wildman–Crippen LogP) is 0.760. The van der Waals surface area contributed by atoms with Crippen molar-refractivity contribution >= 4 is 23.8 Å². The van der Waals surface area contributed by atoms with Crippen LogP contribution in [0.5, 0.6) is 0 Å². The average molecular weight is 426 g/mol. The molecule has 2 aromatic carbocycles. The number of amides is 4. The number of hydrogen-bond donors (Lipinski definition) is 4. The Morgan fingerprint density at radius 3 is 1.94 bits per heavy atom. The molecule has 2 aromatic rings. The fourth-order valence-electron chi connectivity index (χ4n) is 2.81. The van der Waals surface area contributed by atoms with Gasteiger partial charge in [-0.25, -0.2) is 4.79 Å². The van der Waals surface area contributed by atoms with Crippen LogP contribution in [0.15, 0.2) is 60.7 Å². The zero-order valence-electron chi connectivity index (χ0n) is 17.0. The molecule has 0 aliphatic heterocycles. The topological polar surface area (TPSA) is 154 Å². The van der Waals surface area contributed by atoms with Gasteiger partial charge in [0.25, 0.3) is 0 Å². The van der Waals surface area contributed by atoms with E-state index in [0.717, 1.165) is 11.1 Å². The molecule has 0 saturated carbocycles. The van der Waals surface area contributed by atoms with Crippen molar-refractivity contribution in [1.82, 2.24) is 10.6 Å². The van der Waals surface area contributed by atoms with Gasteiger partial charge in [-0.05, 0) is 17.5 Å². The Balaban J connectivity index is 2.00. The zero-order chi connectivity index (χ0) is 22.6. The maximum atomic E-state index is 12.7. The molecule has 6 N–H and O–H groups in total. The van der Waals surface area contributed by atoms with Crippen LogP contribution in [0.3, 0.4) is 0 Å². The lowest BCUT2D eigenvalue weighted by Crippen LogP contribution is -2.53. The van der Waals surface area contributed by atoms with E-state index in [1.54, 1.807) is 48.5 Å². The lowest BCUT2D eigenvalue weighted by atomic mass is 10.0. The van der Waals surface area contributed by atoms with E-state index in [9.17, 15) is 19.2 Å². The number of alkyl carbamates (subject to hydrolysis) is 1. The second kappa shape index (κ2) is 12.0. The summed E-state index contributed by atoms with van der Waals surface area (Å²) in [6.45, 7) is 0.00868. The van der Waals surface area contributed by atoms with Gasteiger partial charge in [-0.1, -0.05) is 60.7 Å². The van der Waals surface area contributed by atoms with Gasteiger partial charge < -0.3 is 26.8 Å². The standard InChI is InChI=1S/C22H26N4O5/c23-19(27)12-11-17(26-22(30)31-14-16-9-5-2-6-10-16)21(29)25-18(20(24)28)13-15-7-3-1-4-8-15/h1-10,17-18H,11-14H2,(H2,23,27)(H2,24,28)(H,25,29)(H,26,30)/t17-,18?/m0/s1. The molecule has 2 rings (SSSR count). The molecule has 4 amide bonds. The molecule has 1 unspecified atom stereocenters. The van der Waals surface area contributed by atoms with Crippen molar-refractivity contribution in [3.8, 4) is 0 Å². The Kier molecular flexibility index (Phi) is 9.03. The molecule has 9 heteroatoms. The predicted molar refractivity (Wildman–Crippen MR) is 113 cm³/mol. The molecule has 0 heterocycles. The molecule has 0 bridgehead atoms. The molecule has 0 aliphatic carbocycles. The summed E-state index contributed by atoms with van der Waals surface area (Å²) < 4.78 is 5.13. The van der Waals surface area contributed by atoms with Gasteiger partial charge in [0.15, 0.2) is 0 Å². The van der Waals surface area contributed by atoms with E-state index in [-0.39, 0.29) is 25.9 Å². The quantitative estimate of drug-likeness (QED) is 0.418. The van der Waals surface area contributed by atoms with Crippen LogP contribution < -0.4 is 22.1 Å². The van der Waals surface area contributed by atoms with E-state index in [4.69, 9.17) is 16.2 Å². The maximum absolute atomic E-state index is 12.7. The van der Waals surface area contributed by atoms with Gasteiger partial charge in [-0.3, -0.25) is 14.4 Å². The van der Waals surface area contributed by atoms with Crippen molar-refractivity contribution in [1.29, 1.82) is 0 Å². The minimum Gasteiger partial charge on any atom is -0.445 e. The van der Waals surface area contributed by atoms with E-state index in [1.807, 2.05) is 12.1 Å². The summed E-state index contributed by atoms with van der Waals surface area (Å²) in [5, 5.41) is 4.95. The Hall–Kier alpha value is -3.88. The summed E-state index contributed by atoms with van der Waals surface area (Å²) in [4.78, 5) is 47.9. The smallest absolute Gasteiger partial charge is 0.408 e. The lowest BCUT2D eigenvalue weighted by molar-refractivity contribution is -0.128. The Labute approximate surface area is 180 Å². The maximum Gasteiger partial charge on any atom is 0.408 e. The first kappa shape index (κ1) is 23.4. The summed E-state index contributed by atoms with van der Waals surface area (Å²) in [6, 6.07) is 15.9. The van der Waals surface area contributed by atoms with Crippen LogP contribution in [0.2, 0.25) is 0 Å². The first-order valence-corrected chi connectivity index (χ1v) is 9.74. The van der Waals surface area contributed by atoms with Crippen molar-refractivity contribution in [2.75, 3.05) is 0 Å². The molecule has 31 heavy (non-hydrogen) atoms. The van der Waals surface area contributed by atoms with E-state index < -0.39 is 35.9 Å². The molecular formula is C22H26N4O5. The van der Waals surface area contributed by atoms with Crippen molar-refractivity contribution in [2.24, 2.45) is 11.5 Å². The van der Waals surface area contributed by atoms with E-state index in [2.05, 4.69) is 10.6 Å². The second-order valence-electron chi connectivity index (χ2n) is 6.92. The van der Waals surface area contributed by atoms with Crippen LogP contribution in [0.4, 0.5) is 4.79 Å². The van der Waals surface area contributed by atoms with Crippen LogP contribution in [-0.4, -0.2) is 35.9 Å². The largest absolute Gasteiger partial charge is 0.445 e. The van der Waals surface area contributed by atoms with Crippen LogP contribution in [0.1, 0.15) is 24.0 Å². The summed E-state index contributed by atoms with van der Waals surface area (Å²) in [6.07, 6.45) is -0.856. The molecule has 0 saturated heterocycles. The van der Waals surface area contributed by atoms with Crippen LogP contribution in [0, 0.1) is 0 Å². The van der Waals surface area contributed by atoms with Gasteiger partial charge in [0.1, 0.15) is 18.7 Å². The van der Waals surface area contributed by atoms with Gasteiger partial charge in [-0.2, -0.15) is 0 Å². The van der Waals surface area contributed by atoms with Gasteiger partial charge in [0.05, 0.1) is 0 Å². The number of benzene rings is 2. The van der Waals surface area contributed by atoms with Crippen LogP contribution in [-0.2, 0) is 32.1 Å². The summed E-state index contributed by atoms with van der Waals surface area (Å²) in [5.41, 5.74) is 12.2. The van der Waals surface area contributed by atoms with E-state index >= 15 is 0 Å². The van der Waals surface area contributed by atoms with Gasteiger partial charge in [0.2, 0.25) is 17.7 Å². The number of ether oxygens (including phenoxy) is 1. The molecule has 164 valence electrons. The molecule has 0 fully saturated rings. The fourth-order valence-corrected chi connectivity index (χ4v) is 2.81. The molecule has 0 radical (unpaired) electrons. The lowest BCUT2D eigenvalue weighted by Gasteiger charge is -2.21. The van der Waals surface area contributed by atoms with E-state index in [1.165, 1.54) is 0 Å². The van der Waals surface area contributed by atoms with Crippen LogP contribution in [0.25, 0.3) is 0 Å². The molecule has 0 aromatic heterocycles. The SMILES string of the molecule is NC(=O)CC[C@H](NC(=O)OCc1ccccc1)C(=O)NC(Cc1ccccc1)C(N)=O. The first-order chi connectivity index (χ1) is 14.8. The third-order valence-corrected chi connectivity index (χ3v) is 4.44. The number of rotatable bonds is 11. The monoisotopic (exact) mass is 426 g/mol. The number of nitrogens with one attached hydrogen (secondary N) is 2. The summed E-state index contributed by atoms with van der Waals surface area (Å²) >= 11 is 0. The zero-order valence-corrected chi connectivity index (χ0v) is 17.0. The molecule has 2 atom stereocenters. The third-order valence-electron chi connectivity index (χ3n) is 4.44. The third kappa shape index (κ3) is 8.57. The van der Waals surface area contributed by atoms with E-state index in [0.29, 0.717) is 0 Å². The van der Waals surface area contributed by atoms with Crippen molar-refractivity contribution in [2.45, 2.75) is 38.0 Å². The van der Waals surface area contributed by atoms with Crippen molar-refractivity contribution < 1.29 is 23.9 Å². The molecule has 0 spiro atoms. The Morgan fingerprint density at radius 2 is 1.39 bits per heavy atom. The highest BCUT2D eigenvalue weighted by molar-refractivity contribution is 5.91.